The molecule has 6 heteroatoms. The van der Waals surface area contributed by atoms with E-state index in [0.29, 0.717) is 0 Å². The van der Waals surface area contributed by atoms with Gasteiger partial charge in [-0.05, 0) is 0 Å². The van der Waals surface area contributed by atoms with Gasteiger partial charge in [0.05, 0.1) is 12.4 Å². The fraction of sp³-hybridized carbons (Fsp3) is 0. The molecule has 0 amide bonds. The highest BCUT2D eigenvalue weighted by atomic mass is 16.4. The van der Waals surface area contributed by atoms with Crippen LogP contribution in [0, 0.1) is 0 Å². The summed E-state index contributed by atoms with van der Waals surface area (Å²) in [6.45, 7) is 0. The van der Waals surface area contributed by atoms with Gasteiger partial charge in [0.2, 0.25) is 0 Å². The first-order valence-corrected chi connectivity index (χ1v) is 2.35. The van der Waals surface area contributed by atoms with Crippen LogP contribution in [0.5, 0.6) is 5.75 Å². The smallest absolute Gasteiger partial charge is 0.482 e. The number of hydrogen-bond donors (Lipinski definition) is 3. The summed E-state index contributed by atoms with van der Waals surface area (Å²) in [6, 6.07) is 0. The molecule has 0 unspecified atom stereocenters. The summed E-state index contributed by atoms with van der Waals surface area (Å²) in [7, 11) is 0. The van der Waals surface area contributed by atoms with Crippen molar-refractivity contribution in [1.29, 1.82) is 0 Å². The summed E-state index contributed by atoms with van der Waals surface area (Å²) < 4.78 is 0. The molecule has 1 heterocycles. The lowest BCUT2D eigenvalue weighted by molar-refractivity contribution is 0.448. The predicted molar refractivity (Wildman–Crippen MR) is 33.9 cm³/mol. The predicted octanol–water partition coefficient (Wildman–Crippen LogP) is -1.31. The first-order valence-electron chi connectivity index (χ1n) is 2.35. The van der Waals surface area contributed by atoms with Gasteiger partial charge in [-0.15, -0.1) is 0 Å². The Morgan fingerprint density at radius 1 is 1.20 bits per heavy atom. The van der Waals surface area contributed by atoms with E-state index in [1.165, 1.54) is 18.7 Å². The standard InChI is InChI=1S/C4H4N2O.BH2O2/c7-4-1-5-3-6-2-4;2-1-3/h1-3,7H;2-3H. The normalized spacial score (nSPS) is 7.40. The number of aromatic nitrogens is 2. The average molecular weight is 141 g/mol. The van der Waals surface area contributed by atoms with E-state index < -0.39 is 0 Å². The average Bonchev–Trinajstić information content (AvgIpc) is 1.91. The third kappa shape index (κ3) is 5.01. The van der Waals surface area contributed by atoms with Crippen LogP contribution < -0.4 is 0 Å². The van der Waals surface area contributed by atoms with Crippen molar-refractivity contribution >= 4 is 7.69 Å². The van der Waals surface area contributed by atoms with Crippen molar-refractivity contribution in [3.8, 4) is 5.75 Å². The Kier molecular flexibility index (Phi) is 5.31. The van der Waals surface area contributed by atoms with Gasteiger partial charge in [0.15, 0.2) is 5.75 Å². The van der Waals surface area contributed by atoms with Gasteiger partial charge >= 0.3 is 7.69 Å². The highest BCUT2D eigenvalue weighted by Crippen LogP contribution is 1.96. The molecule has 1 aromatic rings. The molecule has 3 N–H and O–H groups in total. The maximum absolute atomic E-state index is 8.51. The van der Waals surface area contributed by atoms with E-state index in [2.05, 4.69) is 9.97 Å². The lowest BCUT2D eigenvalue weighted by Crippen LogP contribution is -1.75. The zero-order valence-corrected chi connectivity index (χ0v) is 5.05. The maximum Gasteiger partial charge on any atom is 0.482 e. The van der Waals surface area contributed by atoms with E-state index in [0.717, 1.165) is 0 Å². The molecule has 1 radical (unpaired) electrons. The number of rotatable bonds is 0. The third-order valence-electron chi connectivity index (χ3n) is 0.547. The number of nitrogens with zero attached hydrogens (tertiary/aromatic N) is 2. The molecule has 5 nitrogen and oxygen atoms in total. The Balaban J connectivity index is 0.000000236. The highest BCUT2D eigenvalue weighted by molar-refractivity contribution is 6.13. The second-order valence-electron chi connectivity index (χ2n) is 1.21. The fourth-order valence-corrected chi connectivity index (χ4v) is 0.291. The van der Waals surface area contributed by atoms with Gasteiger partial charge in [0.25, 0.3) is 0 Å². The Morgan fingerprint density at radius 2 is 1.60 bits per heavy atom. The van der Waals surface area contributed by atoms with Crippen LogP contribution in [0.4, 0.5) is 0 Å². The third-order valence-corrected chi connectivity index (χ3v) is 0.547. The topological polar surface area (TPSA) is 86.5 Å². The van der Waals surface area contributed by atoms with Crippen LogP contribution in [0.3, 0.4) is 0 Å². The Morgan fingerprint density at radius 3 is 1.80 bits per heavy atom. The molecule has 0 bridgehead atoms. The van der Waals surface area contributed by atoms with Crippen LogP contribution in [0.1, 0.15) is 0 Å². The van der Waals surface area contributed by atoms with Crippen LogP contribution in [-0.2, 0) is 0 Å². The molecule has 1 rings (SSSR count). The summed E-state index contributed by atoms with van der Waals surface area (Å²) in [4.78, 5) is 7.05. The molecule has 1 aromatic heterocycles. The van der Waals surface area contributed by atoms with Crippen LogP contribution in [0.15, 0.2) is 18.7 Å². The lowest BCUT2D eigenvalue weighted by Gasteiger charge is -1.81. The molecule has 0 saturated heterocycles. The minimum atomic E-state index is 0. The monoisotopic (exact) mass is 141 g/mol. The van der Waals surface area contributed by atoms with E-state index in [9.17, 15) is 0 Å². The van der Waals surface area contributed by atoms with Crippen LogP contribution in [0.2, 0.25) is 0 Å². The Hall–Kier alpha value is -1.14. The van der Waals surface area contributed by atoms with Crippen molar-refractivity contribution < 1.29 is 15.2 Å². The van der Waals surface area contributed by atoms with Crippen molar-refractivity contribution in [3.05, 3.63) is 18.7 Å². The van der Waals surface area contributed by atoms with Gasteiger partial charge < -0.3 is 15.2 Å². The van der Waals surface area contributed by atoms with Crippen LogP contribution >= 0.6 is 0 Å². The maximum atomic E-state index is 8.51. The molecule has 0 aliphatic rings. The van der Waals surface area contributed by atoms with Gasteiger partial charge in [-0.25, -0.2) is 9.97 Å². The van der Waals surface area contributed by atoms with Crippen LogP contribution in [-0.4, -0.2) is 32.8 Å². The van der Waals surface area contributed by atoms with E-state index in [4.69, 9.17) is 15.2 Å². The number of hydrogen-bond acceptors (Lipinski definition) is 5. The largest absolute Gasteiger partial charge is 0.505 e. The minimum absolute atomic E-state index is 0. The Labute approximate surface area is 58.3 Å². The zero-order valence-electron chi connectivity index (χ0n) is 5.05. The van der Waals surface area contributed by atoms with Crippen molar-refractivity contribution in [2.75, 3.05) is 0 Å². The molecule has 0 atom stereocenters. The van der Waals surface area contributed by atoms with Crippen LogP contribution in [0.25, 0.3) is 0 Å². The summed E-state index contributed by atoms with van der Waals surface area (Å²) >= 11 is 0. The Bertz CT molecular complexity index is 160. The molecule has 0 spiro atoms. The van der Waals surface area contributed by atoms with E-state index in [1.807, 2.05) is 0 Å². The van der Waals surface area contributed by atoms with E-state index in [1.54, 1.807) is 0 Å². The summed E-state index contributed by atoms with van der Waals surface area (Å²) in [5, 5.41) is 22.5. The molecule has 53 valence electrons. The van der Waals surface area contributed by atoms with Crippen molar-refractivity contribution in [2.24, 2.45) is 0 Å². The minimum Gasteiger partial charge on any atom is -0.505 e. The zero-order chi connectivity index (χ0) is 7.82. The quantitative estimate of drug-likeness (QED) is 0.390. The van der Waals surface area contributed by atoms with Gasteiger partial charge in [-0.1, -0.05) is 0 Å². The van der Waals surface area contributed by atoms with E-state index >= 15 is 0 Å². The first-order chi connectivity index (χ1) is 4.81. The molecule has 0 aliphatic heterocycles. The van der Waals surface area contributed by atoms with Gasteiger partial charge in [0.1, 0.15) is 6.33 Å². The fourth-order valence-electron chi connectivity index (χ4n) is 0.291. The second kappa shape index (κ2) is 5.99. The summed E-state index contributed by atoms with van der Waals surface area (Å²) in [6.07, 6.45) is 4.01. The molecular weight excluding hydrogens is 135 g/mol. The molecule has 10 heavy (non-hydrogen) atoms. The molecule has 0 aromatic carbocycles. The van der Waals surface area contributed by atoms with Crippen molar-refractivity contribution in [3.63, 3.8) is 0 Å². The molecular formula is C4H6BN2O3. The number of aromatic hydroxyl groups is 1. The molecule has 0 aliphatic carbocycles. The molecule has 0 saturated carbocycles. The lowest BCUT2D eigenvalue weighted by atomic mass is 10.5. The van der Waals surface area contributed by atoms with Crippen molar-refractivity contribution in [2.45, 2.75) is 0 Å². The van der Waals surface area contributed by atoms with Crippen molar-refractivity contribution in [1.82, 2.24) is 9.97 Å². The van der Waals surface area contributed by atoms with Gasteiger partial charge in [-0.3, -0.25) is 0 Å². The SMILES string of the molecule is O[B]O.Oc1cncnc1. The van der Waals surface area contributed by atoms with E-state index in [-0.39, 0.29) is 13.4 Å². The summed E-state index contributed by atoms with van der Waals surface area (Å²) in [5.74, 6) is 0.0995. The van der Waals surface area contributed by atoms with Gasteiger partial charge in [0, 0.05) is 0 Å². The molecule has 0 fully saturated rings. The summed E-state index contributed by atoms with van der Waals surface area (Å²) in [5.41, 5.74) is 0. The van der Waals surface area contributed by atoms with Gasteiger partial charge in [-0.2, -0.15) is 0 Å². The first kappa shape index (κ1) is 8.86. The highest BCUT2D eigenvalue weighted by Gasteiger charge is 1.77. The second-order valence-corrected chi connectivity index (χ2v) is 1.21.